The van der Waals surface area contributed by atoms with Crippen molar-refractivity contribution in [1.29, 1.82) is 0 Å². The highest BCUT2D eigenvalue weighted by Crippen LogP contribution is 2.37. The average Bonchev–Trinajstić information content (AvgIpc) is 4.01. The predicted molar refractivity (Wildman–Crippen MR) is 221 cm³/mol. The number of amides is 6. The summed E-state index contributed by atoms with van der Waals surface area (Å²) in [5.41, 5.74) is -0.0257. The van der Waals surface area contributed by atoms with Crippen molar-refractivity contribution in [3.63, 3.8) is 0 Å². The summed E-state index contributed by atoms with van der Waals surface area (Å²) in [6, 6.07) is 2.50. The van der Waals surface area contributed by atoms with Gasteiger partial charge < -0.3 is 39.7 Å². The summed E-state index contributed by atoms with van der Waals surface area (Å²) in [7, 11) is 0. The molecule has 2 saturated carbocycles. The van der Waals surface area contributed by atoms with E-state index in [1.165, 1.54) is 25.7 Å². The van der Waals surface area contributed by atoms with Crippen LogP contribution in [0.4, 0.5) is 19.2 Å². The second-order valence-corrected chi connectivity index (χ2v) is 18.4. The average molecular weight is 805 g/mol. The van der Waals surface area contributed by atoms with Crippen LogP contribution in [0.1, 0.15) is 118 Å². The van der Waals surface area contributed by atoms with Gasteiger partial charge >= 0.3 is 24.2 Å². The van der Waals surface area contributed by atoms with Gasteiger partial charge in [0.25, 0.3) is 0 Å². The Hall–Kier alpha value is -3.88. The summed E-state index contributed by atoms with van der Waals surface area (Å²) in [5, 5.41) is 6.44. The summed E-state index contributed by atoms with van der Waals surface area (Å²) < 4.78 is 10.5. The lowest BCUT2D eigenvalue weighted by molar-refractivity contribution is 0.0429. The molecule has 14 nitrogen and oxygen atoms in total. The van der Waals surface area contributed by atoms with E-state index in [9.17, 15) is 19.2 Å². The molecule has 8 fully saturated rings. The largest absolute Gasteiger partial charge is 0.436 e. The molecule has 6 aliphatic heterocycles. The lowest BCUT2D eigenvalue weighted by atomic mass is 9.88. The lowest BCUT2D eigenvalue weighted by Crippen LogP contribution is -2.56. The SMILES string of the molecule is CC#CCOC(=O)N1CCC(C)(N2CCC(N3C(=O)N[C@H]4CCCC[C@@H]43)CC2)C1.CC#CCOC(=O)N1CCC(C)(N2CCC(N3C(=O)N[C@H]4CCCC[C@@H]43)CC2)C1. The number of piperidine rings is 2. The fourth-order valence-corrected chi connectivity index (χ4v) is 11.5. The van der Waals surface area contributed by atoms with Crippen molar-refractivity contribution in [2.45, 2.75) is 165 Å². The number of hydrogen-bond donors (Lipinski definition) is 2. The standard InChI is InChI=1S/2C22H34N4O3/c2*1-3-4-15-29-21(28)24-14-11-22(2,16-24)25-12-9-17(10-13-25)26-19-8-6-5-7-18(19)23-20(26)27/h2*17-19H,5-16H2,1-2H3,(H,23,27)/t2*18-,19-,22?/m00/s1. The first-order chi connectivity index (χ1) is 28.0. The van der Waals surface area contributed by atoms with Crippen LogP contribution in [0.2, 0.25) is 0 Å². The minimum absolute atomic E-state index is 0.0128. The molecule has 14 heteroatoms. The van der Waals surface area contributed by atoms with E-state index in [1.807, 2.05) is 9.80 Å². The second-order valence-electron chi connectivity index (χ2n) is 18.4. The maximum absolute atomic E-state index is 12.6. The van der Waals surface area contributed by atoms with Crippen molar-refractivity contribution in [2.75, 3.05) is 65.6 Å². The third kappa shape index (κ3) is 9.13. The Morgan fingerprint density at radius 3 is 1.36 bits per heavy atom. The van der Waals surface area contributed by atoms with Crippen LogP contribution < -0.4 is 10.6 Å². The number of carbonyl (C=O) groups is 4. The first-order valence-corrected chi connectivity index (χ1v) is 22.3. The summed E-state index contributed by atoms with van der Waals surface area (Å²) in [5.74, 6) is 11.0. The number of rotatable bonds is 6. The van der Waals surface area contributed by atoms with Gasteiger partial charge in [0.1, 0.15) is 0 Å². The fourth-order valence-electron chi connectivity index (χ4n) is 11.5. The van der Waals surface area contributed by atoms with E-state index in [-0.39, 0.29) is 48.5 Å². The van der Waals surface area contributed by atoms with Gasteiger partial charge in [0.2, 0.25) is 0 Å². The van der Waals surface area contributed by atoms with Gasteiger partial charge in [-0.05, 0) is 91.9 Å². The van der Waals surface area contributed by atoms with Gasteiger partial charge in [0.15, 0.2) is 13.2 Å². The van der Waals surface area contributed by atoms with Crippen molar-refractivity contribution < 1.29 is 28.7 Å². The first-order valence-electron chi connectivity index (χ1n) is 22.3. The fraction of sp³-hybridized carbons (Fsp3) is 0.818. The van der Waals surface area contributed by atoms with E-state index in [1.54, 1.807) is 13.8 Å². The lowest BCUT2D eigenvalue weighted by Gasteiger charge is -2.45. The number of nitrogens with one attached hydrogen (secondary N) is 2. The van der Waals surface area contributed by atoms with E-state index < -0.39 is 0 Å². The van der Waals surface area contributed by atoms with E-state index in [4.69, 9.17) is 9.47 Å². The van der Waals surface area contributed by atoms with Crippen LogP contribution in [-0.4, -0.2) is 167 Å². The number of fused-ring (bicyclic) bond motifs is 2. The van der Waals surface area contributed by atoms with E-state index in [2.05, 4.69) is 67.8 Å². The van der Waals surface area contributed by atoms with Gasteiger partial charge in [-0.1, -0.05) is 37.5 Å². The number of nitrogens with zero attached hydrogens (tertiary/aromatic N) is 6. The van der Waals surface area contributed by atoms with Crippen LogP contribution in [0.3, 0.4) is 0 Å². The molecule has 2 unspecified atom stereocenters. The molecule has 0 bridgehead atoms. The van der Waals surface area contributed by atoms with Crippen molar-refractivity contribution >= 4 is 24.2 Å². The molecule has 0 radical (unpaired) electrons. The molecule has 0 aromatic heterocycles. The van der Waals surface area contributed by atoms with Crippen molar-refractivity contribution in [3.8, 4) is 23.7 Å². The highest BCUT2D eigenvalue weighted by Gasteiger charge is 2.49. The zero-order chi connectivity index (χ0) is 40.9. The zero-order valence-corrected chi connectivity index (χ0v) is 35.6. The summed E-state index contributed by atoms with van der Waals surface area (Å²) >= 11 is 0. The molecule has 2 N–H and O–H groups in total. The maximum atomic E-state index is 12.6. The van der Waals surface area contributed by atoms with E-state index in [0.29, 0.717) is 49.3 Å². The monoisotopic (exact) mass is 805 g/mol. The molecule has 0 aromatic carbocycles. The minimum Gasteiger partial charge on any atom is -0.436 e. The number of carbonyl (C=O) groups excluding carboxylic acids is 4. The molecule has 58 heavy (non-hydrogen) atoms. The van der Waals surface area contributed by atoms with Crippen LogP contribution in [0.5, 0.6) is 0 Å². The van der Waals surface area contributed by atoms with Gasteiger partial charge in [-0.2, -0.15) is 0 Å². The third-order valence-electron chi connectivity index (χ3n) is 14.8. The number of ether oxygens (including phenoxy) is 2. The van der Waals surface area contributed by atoms with E-state index >= 15 is 0 Å². The molecule has 0 spiro atoms. The van der Waals surface area contributed by atoms with Crippen LogP contribution in [0.25, 0.3) is 0 Å². The Morgan fingerprint density at radius 2 is 0.983 bits per heavy atom. The van der Waals surface area contributed by atoms with Crippen LogP contribution in [0, 0.1) is 23.7 Å². The highest BCUT2D eigenvalue weighted by molar-refractivity contribution is 5.78. The highest BCUT2D eigenvalue weighted by atomic mass is 16.6. The third-order valence-corrected chi connectivity index (χ3v) is 14.8. The smallest absolute Gasteiger partial charge is 0.410 e. The molecule has 0 aromatic rings. The Morgan fingerprint density at radius 1 is 0.603 bits per heavy atom. The minimum atomic E-state index is -0.261. The maximum Gasteiger partial charge on any atom is 0.410 e. The summed E-state index contributed by atoms with van der Waals surface area (Å²) in [6.45, 7) is 15.1. The number of hydrogen-bond acceptors (Lipinski definition) is 8. The van der Waals surface area contributed by atoms with E-state index in [0.717, 1.165) is 103 Å². The van der Waals surface area contributed by atoms with Crippen molar-refractivity contribution in [3.05, 3.63) is 0 Å². The Kier molecular flexibility index (Phi) is 13.5. The Bertz CT molecular complexity index is 1510. The van der Waals surface area contributed by atoms with Crippen LogP contribution in [-0.2, 0) is 9.47 Å². The van der Waals surface area contributed by atoms with Crippen molar-refractivity contribution in [1.82, 2.24) is 40.0 Å². The molecule has 6 saturated heterocycles. The topological polar surface area (TPSA) is 130 Å². The second kappa shape index (κ2) is 18.6. The molecule has 6 atom stereocenters. The molecule has 320 valence electrons. The van der Waals surface area contributed by atoms with Crippen LogP contribution in [0.15, 0.2) is 0 Å². The molecule has 2 aliphatic carbocycles. The molecular formula is C44H68N8O6. The molecule has 6 heterocycles. The van der Waals surface area contributed by atoms with Gasteiger partial charge in [0, 0.05) is 75.5 Å². The summed E-state index contributed by atoms with van der Waals surface area (Å²) in [6.07, 6.45) is 14.9. The molecular weight excluding hydrogens is 737 g/mol. The molecule has 6 amide bonds. The van der Waals surface area contributed by atoms with Crippen LogP contribution >= 0.6 is 0 Å². The first kappa shape index (κ1) is 42.3. The van der Waals surface area contributed by atoms with Gasteiger partial charge in [-0.3, -0.25) is 9.80 Å². The number of likely N-dealkylation sites (tertiary alicyclic amines) is 4. The molecule has 8 aliphatic rings. The normalized spacial score (nSPS) is 33.1. The quantitative estimate of drug-likeness (QED) is 0.366. The van der Waals surface area contributed by atoms with Gasteiger partial charge in [-0.15, -0.1) is 11.8 Å². The summed E-state index contributed by atoms with van der Waals surface area (Å²) in [4.78, 5) is 62.7. The van der Waals surface area contributed by atoms with Gasteiger partial charge in [-0.25, -0.2) is 19.2 Å². The Balaban J connectivity index is 0.000000177. The number of urea groups is 2. The zero-order valence-electron chi connectivity index (χ0n) is 35.6. The van der Waals surface area contributed by atoms with Gasteiger partial charge in [0.05, 0.1) is 24.2 Å². The molecule has 8 rings (SSSR count). The Labute approximate surface area is 346 Å². The predicted octanol–water partition coefficient (Wildman–Crippen LogP) is 4.82. The van der Waals surface area contributed by atoms with Crippen molar-refractivity contribution in [2.24, 2.45) is 0 Å².